The average Bonchev–Trinajstić information content (AvgIpc) is 3.11. The Morgan fingerprint density at radius 2 is 2.07 bits per heavy atom. The third-order valence-electron chi connectivity index (χ3n) is 4.23. The molecule has 1 aromatic heterocycles. The van der Waals surface area contributed by atoms with Crippen molar-refractivity contribution in [2.75, 3.05) is 12.8 Å². The lowest BCUT2D eigenvalue weighted by atomic mass is 10.1. The Kier molecular flexibility index (Phi) is 6.31. The number of halogens is 2. The lowest BCUT2D eigenvalue weighted by Crippen LogP contribution is -2.28. The molecule has 6 nitrogen and oxygen atoms in total. The van der Waals surface area contributed by atoms with Gasteiger partial charge < -0.3 is 4.90 Å². The van der Waals surface area contributed by atoms with Crippen LogP contribution in [0.1, 0.15) is 16.7 Å². The van der Waals surface area contributed by atoms with E-state index in [2.05, 4.69) is 15.5 Å². The number of carbonyl (C=O) groups excluding carboxylic acids is 1. The molecular formula is C19H19ClFN5OS. The minimum atomic E-state index is -0.432. The molecule has 0 spiro atoms. The van der Waals surface area contributed by atoms with Crippen LogP contribution in [0, 0.1) is 19.7 Å². The number of aromatic nitrogens is 4. The second-order valence-corrected chi connectivity index (χ2v) is 7.75. The van der Waals surface area contributed by atoms with Crippen molar-refractivity contribution < 1.29 is 9.18 Å². The fourth-order valence-electron chi connectivity index (χ4n) is 2.71. The van der Waals surface area contributed by atoms with Crippen LogP contribution in [0.15, 0.2) is 41.6 Å². The molecule has 0 bridgehead atoms. The summed E-state index contributed by atoms with van der Waals surface area (Å²) in [5.41, 5.74) is 3.33. The summed E-state index contributed by atoms with van der Waals surface area (Å²) >= 11 is 7.26. The van der Waals surface area contributed by atoms with Gasteiger partial charge in [0.15, 0.2) is 0 Å². The van der Waals surface area contributed by atoms with Crippen molar-refractivity contribution in [1.82, 2.24) is 25.1 Å². The van der Waals surface area contributed by atoms with Gasteiger partial charge in [-0.25, -0.2) is 4.39 Å². The molecule has 1 amide bonds. The van der Waals surface area contributed by atoms with Gasteiger partial charge in [0.25, 0.3) is 0 Å². The number of hydrogen-bond donors (Lipinski definition) is 0. The number of aryl methyl sites for hydroxylation is 2. The van der Waals surface area contributed by atoms with Crippen molar-refractivity contribution >= 4 is 29.3 Å². The summed E-state index contributed by atoms with van der Waals surface area (Å²) in [6.07, 6.45) is 0. The predicted octanol–water partition coefficient (Wildman–Crippen LogP) is 3.82. The smallest absolute Gasteiger partial charge is 0.233 e. The van der Waals surface area contributed by atoms with Crippen molar-refractivity contribution in [1.29, 1.82) is 0 Å². The van der Waals surface area contributed by atoms with Gasteiger partial charge in [-0.05, 0) is 48.0 Å². The Balaban J connectivity index is 1.68. The summed E-state index contributed by atoms with van der Waals surface area (Å²) in [6.45, 7) is 4.09. The second-order valence-electron chi connectivity index (χ2n) is 6.40. The Morgan fingerprint density at radius 3 is 2.79 bits per heavy atom. The Labute approximate surface area is 171 Å². The van der Waals surface area contributed by atoms with E-state index < -0.39 is 5.82 Å². The molecular weight excluding hydrogens is 401 g/mol. The zero-order valence-electron chi connectivity index (χ0n) is 15.7. The maximum absolute atomic E-state index is 13.9. The highest BCUT2D eigenvalue weighted by Crippen LogP contribution is 2.23. The molecule has 28 heavy (non-hydrogen) atoms. The third kappa shape index (κ3) is 4.51. The van der Waals surface area contributed by atoms with E-state index in [1.54, 1.807) is 17.8 Å². The molecule has 3 rings (SSSR count). The Hall–Kier alpha value is -2.45. The van der Waals surface area contributed by atoms with E-state index >= 15 is 0 Å². The second kappa shape index (κ2) is 8.70. The van der Waals surface area contributed by atoms with Crippen LogP contribution in [0.4, 0.5) is 4.39 Å². The summed E-state index contributed by atoms with van der Waals surface area (Å²) < 4.78 is 15.5. The van der Waals surface area contributed by atoms with Gasteiger partial charge in [0.05, 0.1) is 11.4 Å². The molecule has 2 aromatic carbocycles. The van der Waals surface area contributed by atoms with Crippen molar-refractivity contribution in [2.45, 2.75) is 25.5 Å². The normalized spacial score (nSPS) is 10.9. The molecule has 0 aliphatic rings. The van der Waals surface area contributed by atoms with Gasteiger partial charge >= 0.3 is 0 Å². The largest absolute Gasteiger partial charge is 0.341 e. The minimum absolute atomic E-state index is 0.0902. The number of carbonyl (C=O) groups is 1. The fourth-order valence-corrected chi connectivity index (χ4v) is 3.76. The molecule has 0 aliphatic heterocycles. The maximum atomic E-state index is 13.9. The molecule has 3 aromatic rings. The molecule has 0 atom stereocenters. The highest BCUT2D eigenvalue weighted by molar-refractivity contribution is 7.99. The summed E-state index contributed by atoms with van der Waals surface area (Å²) in [6, 6.07) is 10.4. The minimum Gasteiger partial charge on any atom is -0.341 e. The van der Waals surface area contributed by atoms with E-state index in [4.69, 9.17) is 11.6 Å². The van der Waals surface area contributed by atoms with Gasteiger partial charge in [-0.3, -0.25) is 4.79 Å². The quantitative estimate of drug-likeness (QED) is 0.568. The molecule has 0 saturated heterocycles. The van der Waals surface area contributed by atoms with Crippen LogP contribution in [0.25, 0.3) is 5.69 Å². The first-order valence-corrected chi connectivity index (χ1v) is 9.89. The molecule has 146 valence electrons. The van der Waals surface area contributed by atoms with Gasteiger partial charge in [-0.15, -0.1) is 5.10 Å². The number of rotatable bonds is 6. The molecule has 0 saturated carbocycles. The first kappa shape index (κ1) is 20.3. The zero-order chi connectivity index (χ0) is 20.3. The monoisotopic (exact) mass is 419 g/mol. The van der Waals surface area contributed by atoms with Crippen LogP contribution in [-0.4, -0.2) is 43.8 Å². The lowest BCUT2D eigenvalue weighted by molar-refractivity contribution is -0.127. The third-order valence-corrected chi connectivity index (χ3v) is 5.49. The number of amides is 1. The van der Waals surface area contributed by atoms with E-state index in [0.29, 0.717) is 15.7 Å². The molecule has 0 radical (unpaired) electrons. The van der Waals surface area contributed by atoms with Crippen LogP contribution < -0.4 is 0 Å². The predicted molar refractivity (Wildman–Crippen MR) is 107 cm³/mol. The highest BCUT2D eigenvalue weighted by Gasteiger charge is 2.17. The first-order valence-electron chi connectivity index (χ1n) is 8.52. The highest BCUT2D eigenvalue weighted by atomic mass is 35.5. The van der Waals surface area contributed by atoms with Gasteiger partial charge in [0, 0.05) is 24.2 Å². The SMILES string of the molecule is Cc1ccc(-n2nnnc2SCC(=O)N(C)Cc2c(F)cccc2Cl)c(C)c1. The van der Waals surface area contributed by atoms with Crippen molar-refractivity contribution in [3.05, 3.63) is 63.9 Å². The summed E-state index contributed by atoms with van der Waals surface area (Å²) in [7, 11) is 1.61. The van der Waals surface area contributed by atoms with E-state index in [1.165, 1.54) is 28.8 Å². The van der Waals surface area contributed by atoms with Crippen LogP contribution in [0.2, 0.25) is 5.02 Å². The van der Waals surface area contributed by atoms with Gasteiger partial charge in [0.2, 0.25) is 11.1 Å². The number of benzene rings is 2. The number of hydrogen-bond acceptors (Lipinski definition) is 5. The van der Waals surface area contributed by atoms with E-state index in [-0.39, 0.29) is 18.2 Å². The summed E-state index contributed by atoms with van der Waals surface area (Å²) in [4.78, 5) is 13.9. The molecule has 0 N–H and O–H groups in total. The van der Waals surface area contributed by atoms with Crippen LogP contribution in [0.5, 0.6) is 0 Å². The van der Waals surface area contributed by atoms with Crippen molar-refractivity contribution in [3.8, 4) is 5.69 Å². The van der Waals surface area contributed by atoms with Gasteiger partial charge in [-0.2, -0.15) is 4.68 Å². The first-order chi connectivity index (χ1) is 13.4. The molecule has 0 fully saturated rings. The summed E-state index contributed by atoms with van der Waals surface area (Å²) in [5, 5.41) is 12.6. The van der Waals surface area contributed by atoms with Crippen LogP contribution in [0.3, 0.4) is 0 Å². The standard InChI is InChI=1S/C19H19ClFN5OS/c1-12-7-8-17(13(2)9-12)26-19(22-23-24-26)28-11-18(27)25(3)10-14-15(20)5-4-6-16(14)21/h4-9H,10-11H2,1-3H3. The lowest BCUT2D eigenvalue weighted by Gasteiger charge is -2.18. The maximum Gasteiger partial charge on any atom is 0.233 e. The molecule has 0 unspecified atom stereocenters. The van der Waals surface area contributed by atoms with Crippen LogP contribution in [-0.2, 0) is 11.3 Å². The number of nitrogens with zero attached hydrogens (tertiary/aromatic N) is 5. The fraction of sp³-hybridized carbons (Fsp3) is 0.263. The van der Waals surface area contributed by atoms with Crippen molar-refractivity contribution in [2.24, 2.45) is 0 Å². The zero-order valence-corrected chi connectivity index (χ0v) is 17.3. The number of tetrazole rings is 1. The average molecular weight is 420 g/mol. The molecule has 9 heteroatoms. The van der Waals surface area contributed by atoms with Crippen molar-refractivity contribution in [3.63, 3.8) is 0 Å². The Bertz CT molecular complexity index is 989. The molecule has 0 aliphatic carbocycles. The van der Waals surface area contributed by atoms with E-state index in [0.717, 1.165) is 16.8 Å². The summed E-state index contributed by atoms with van der Waals surface area (Å²) in [5.74, 6) is -0.494. The van der Waals surface area contributed by atoms with E-state index in [9.17, 15) is 9.18 Å². The van der Waals surface area contributed by atoms with Gasteiger partial charge in [-0.1, -0.05) is 47.1 Å². The number of thioether (sulfide) groups is 1. The Morgan fingerprint density at radius 1 is 1.29 bits per heavy atom. The van der Waals surface area contributed by atoms with E-state index in [1.807, 2.05) is 32.0 Å². The topological polar surface area (TPSA) is 63.9 Å². The van der Waals surface area contributed by atoms with Gasteiger partial charge in [0.1, 0.15) is 5.82 Å². The molecule has 1 heterocycles. The van der Waals surface area contributed by atoms with Crippen LogP contribution >= 0.6 is 23.4 Å².